The molecular weight excluding hydrogens is 314 g/mol. The van der Waals surface area contributed by atoms with Gasteiger partial charge >= 0.3 is 0 Å². The molecule has 122 valence electrons. The van der Waals surface area contributed by atoms with Gasteiger partial charge in [-0.1, -0.05) is 12.1 Å². The highest BCUT2D eigenvalue weighted by Crippen LogP contribution is 2.22. The van der Waals surface area contributed by atoms with E-state index in [4.69, 9.17) is 0 Å². The summed E-state index contributed by atoms with van der Waals surface area (Å²) < 4.78 is 25.5. The SMILES string of the molecule is Cc1cccc(C(=O)Nc2cc(S(=O)(=O)N(C)C)ccc2C)n1. The van der Waals surface area contributed by atoms with Gasteiger partial charge < -0.3 is 5.32 Å². The maximum Gasteiger partial charge on any atom is 0.274 e. The molecule has 1 amide bonds. The Balaban J connectivity index is 2.35. The lowest BCUT2D eigenvalue weighted by Gasteiger charge is -2.14. The monoisotopic (exact) mass is 333 g/mol. The Kier molecular flexibility index (Phi) is 4.82. The van der Waals surface area contributed by atoms with Crippen LogP contribution < -0.4 is 5.32 Å². The van der Waals surface area contributed by atoms with Crippen LogP contribution in [0.5, 0.6) is 0 Å². The maximum absolute atomic E-state index is 12.3. The van der Waals surface area contributed by atoms with Crippen LogP contribution in [0.1, 0.15) is 21.7 Å². The zero-order chi connectivity index (χ0) is 17.2. The van der Waals surface area contributed by atoms with Gasteiger partial charge in [0.1, 0.15) is 5.69 Å². The van der Waals surface area contributed by atoms with Gasteiger partial charge in [-0.3, -0.25) is 4.79 Å². The molecule has 0 fully saturated rings. The summed E-state index contributed by atoms with van der Waals surface area (Å²) in [5, 5.41) is 2.72. The van der Waals surface area contributed by atoms with Crippen molar-refractivity contribution in [2.24, 2.45) is 0 Å². The summed E-state index contributed by atoms with van der Waals surface area (Å²) >= 11 is 0. The molecule has 0 aliphatic heterocycles. The lowest BCUT2D eigenvalue weighted by molar-refractivity contribution is 0.102. The second-order valence-corrected chi connectivity index (χ2v) is 7.53. The molecular formula is C16H19N3O3S. The van der Waals surface area contributed by atoms with Crippen molar-refractivity contribution in [2.75, 3.05) is 19.4 Å². The predicted octanol–water partition coefficient (Wildman–Crippen LogP) is 2.20. The third-order valence-corrected chi connectivity index (χ3v) is 5.17. The van der Waals surface area contributed by atoms with Crippen molar-refractivity contribution in [2.45, 2.75) is 18.7 Å². The van der Waals surface area contributed by atoms with Gasteiger partial charge in [0, 0.05) is 25.5 Å². The van der Waals surface area contributed by atoms with Gasteiger partial charge in [-0.05, 0) is 43.7 Å². The first-order valence-corrected chi connectivity index (χ1v) is 8.44. The number of amides is 1. The quantitative estimate of drug-likeness (QED) is 0.930. The van der Waals surface area contributed by atoms with Gasteiger partial charge in [0.25, 0.3) is 5.91 Å². The fourth-order valence-corrected chi connectivity index (χ4v) is 2.89. The number of rotatable bonds is 4. The molecule has 0 aliphatic rings. The number of pyridine rings is 1. The van der Waals surface area contributed by atoms with E-state index in [1.807, 2.05) is 0 Å². The summed E-state index contributed by atoms with van der Waals surface area (Å²) in [6.07, 6.45) is 0. The lowest BCUT2D eigenvalue weighted by Crippen LogP contribution is -2.22. The van der Waals surface area contributed by atoms with Crippen molar-refractivity contribution in [3.63, 3.8) is 0 Å². The molecule has 0 saturated heterocycles. The second-order valence-electron chi connectivity index (χ2n) is 5.38. The highest BCUT2D eigenvalue weighted by atomic mass is 32.2. The van der Waals surface area contributed by atoms with Gasteiger partial charge in [0.2, 0.25) is 10.0 Å². The molecule has 1 aromatic heterocycles. The Morgan fingerprint density at radius 3 is 2.43 bits per heavy atom. The third kappa shape index (κ3) is 3.75. The molecule has 0 aliphatic carbocycles. The molecule has 1 heterocycles. The number of anilines is 1. The number of nitrogens with one attached hydrogen (secondary N) is 1. The summed E-state index contributed by atoms with van der Waals surface area (Å²) in [5.74, 6) is -0.379. The van der Waals surface area contributed by atoms with Crippen LogP contribution >= 0.6 is 0 Å². The minimum Gasteiger partial charge on any atom is -0.320 e. The fourth-order valence-electron chi connectivity index (χ4n) is 1.96. The Morgan fingerprint density at radius 2 is 1.83 bits per heavy atom. The number of carbonyl (C=O) groups excluding carboxylic acids is 1. The summed E-state index contributed by atoms with van der Waals surface area (Å²) in [6.45, 7) is 3.59. The number of hydrogen-bond donors (Lipinski definition) is 1. The van der Waals surface area contributed by atoms with Crippen LogP contribution in [-0.2, 0) is 10.0 Å². The first-order valence-electron chi connectivity index (χ1n) is 7.00. The Morgan fingerprint density at radius 1 is 1.13 bits per heavy atom. The minimum atomic E-state index is -3.56. The van der Waals surface area contributed by atoms with Crippen molar-refractivity contribution >= 4 is 21.6 Å². The number of hydrogen-bond acceptors (Lipinski definition) is 4. The average molecular weight is 333 g/mol. The molecule has 2 rings (SSSR count). The number of sulfonamides is 1. The molecule has 0 bridgehead atoms. The van der Waals surface area contributed by atoms with E-state index in [1.54, 1.807) is 38.1 Å². The van der Waals surface area contributed by atoms with Crippen LogP contribution in [0.2, 0.25) is 0 Å². The second kappa shape index (κ2) is 6.47. The van der Waals surface area contributed by atoms with Gasteiger partial charge in [0.15, 0.2) is 0 Å². The number of carbonyl (C=O) groups is 1. The van der Waals surface area contributed by atoms with Crippen molar-refractivity contribution in [1.82, 2.24) is 9.29 Å². The standard InChI is InChI=1S/C16H19N3O3S/c1-11-8-9-13(23(21,22)19(3)4)10-15(11)18-16(20)14-7-5-6-12(2)17-14/h5-10H,1-4H3,(H,18,20). The highest BCUT2D eigenvalue weighted by molar-refractivity contribution is 7.89. The molecule has 0 atom stereocenters. The van der Waals surface area contributed by atoms with Gasteiger partial charge in [-0.25, -0.2) is 17.7 Å². The van der Waals surface area contributed by atoms with E-state index in [1.165, 1.54) is 26.2 Å². The Labute approximate surface area is 136 Å². The van der Waals surface area contributed by atoms with E-state index < -0.39 is 10.0 Å². The van der Waals surface area contributed by atoms with Gasteiger partial charge in [-0.15, -0.1) is 0 Å². The molecule has 0 spiro atoms. The van der Waals surface area contributed by atoms with Crippen LogP contribution in [0.25, 0.3) is 0 Å². The number of aryl methyl sites for hydroxylation is 2. The van der Waals surface area contributed by atoms with Crippen LogP contribution in [0.4, 0.5) is 5.69 Å². The third-order valence-electron chi connectivity index (χ3n) is 3.36. The summed E-state index contributed by atoms with van der Waals surface area (Å²) in [6, 6.07) is 9.79. The highest BCUT2D eigenvalue weighted by Gasteiger charge is 2.19. The molecule has 0 radical (unpaired) electrons. The predicted molar refractivity (Wildman–Crippen MR) is 89.0 cm³/mol. The normalized spacial score (nSPS) is 11.5. The zero-order valence-corrected chi connectivity index (χ0v) is 14.3. The van der Waals surface area contributed by atoms with Crippen molar-refractivity contribution in [3.05, 3.63) is 53.3 Å². The summed E-state index contributed by atoms with van der Waals surface area (Å²) in [7, 11) is -0.632. The van der Waals surface area contributed by atoms with Crippen molar-refractivity contribution in [1.29, 1.82) is 0 Å². The number of nitrogens with zero attached hydrogens (tertiary/aromatic N) is 2. The molecule has 23 heavy (non-hydrogen) atoms. The molecule has 0 unspecified atom stereocenters. The van der Waals surface area contributed by atoms with E-state index >= 15 is 0 Å². The Hall–Kier alpha value is -2.25. The van der Waals surface area contributed by atoms with E-state index in [9.17, 15) is 13.2 Å². The van der Waals surface area contributed by atoms with E-state index in [2.05, 4.69) is 10.3 Å². The smallest absolute Gasteiger partial charge is 0.274 e. The van der Waals surface area contributed by atoms with E-state index in [0.29, 0.717) is 5.69 Å². The largest absolute Gasteiger partial charge is 0.320 e. The summed E-state index contributed by atoms with van der Waals surface area (Å²) in [4.78, 5) is 16.6. The van der Waals surface area contributed by atoms with Crippen molar-refractivity contribution < 1.29 is 13.2 Å². The molecule has 2 aromatic rings. The van der Waals surface area contributed by atoms with Crippen LogP contribution in [0.3, 0.4) is 0 Å². The first-order chi connectivity index (χ1) is 10.7. The van der Waals surface area contributed by atoms with Gasteiger partial charge in [-0.2, -0.15) is 0 Å². The molecule has 0 saturated carbocycles. The minimum absolute atomic E-state index is 0.126. The molecule has 6 nitrogen and oxygen atoms in total. The van der Waals surface area contributed by atoms with Crippen LogP contribution in [-0.4, -0.2) is 37.7 Å². The molecule has 7 heteroatoms. The van der Waals surface area contributed by atoms with E-state index in [0.717, 1.165) is 15.6 Å². The van der Waals surface area contributed by atoms with Crippen LogP contribution in [0, 0.1) is 13.8 Å². The van der Waals surface area contributed by atoms with Crippen molar-refractivity contribution in [3.8, 4) is 0 Å². The number of aromatic nitrogens is 1. The Bertz CT molecular complexity index is 845. The average Bonchev–Trinajstić information content (AvgIpc) is 2.49. The molecule has 1 N–H and O–H groups in total. The van der Waals surface area contributed by atoms with Gasteiger partial charge in [0.05, 0.1) is 4.90 Å². The fraction of sp³-hybridized carbons (Fsp3) is 0.250. The number of benzene rings is 1. The topological polar surface area (TPSA) is 79.4 Å². The van der Waals surface area contributed by atoms with E-state index in [-0.39, 0.29) is 16.5 Å². The first kappa shape index (κ1) is 17.1. The zero-order valence-electron chi connectivity index (χ0n) is 13.5. The lowest BCUT2D eigenvalue weighted by atomic mass is 10.2. The maximum atomic E-state index is 12.3. The molecule has 1 aromatic carbocycles. The summed E-state index contributed by atoms with van der Waals surface area (Å²) in [5.41, 5.74) is 2.23. The van der Waals surface area contributed by atoms with Crippen LogP contribution in [0.15, 0.2) is 41.3 Å².